The van der Waals surface area contributed by atoms with Gasteiger partial charge in [0.05, 0.1) is 0 Å². The molecule has 0 atom stereocenters. The second-order valence-electron chi connectivity index (χ2n) is 1.98. The van der Waals surface area contributed by atoms with E-state index < -0.39 is 17.9 Å². The molecule has 0 aliphatic rings. The van der Waals surface area contributed by atoms with Crippen LogP contribution in [0.25, 0.3) is 0 Å². The number of carbonyl (C=O) groups excluding carboxylic acids is 1. The summed E-state index contributed by atoms with van der Waals surface area (Å²) in [6, 6.07) is 0.899. The lowest BCUT2D eigenvalue weighted by atomic mass is 10.4. The molecular formula is C5H4F3N3O. The second kappa shape index (κ2) is 2.50. The Balaban J connectivity index is 3.00. The monoisotopic (exact) mass is 179 g/mol. The maximum absolute atomic E-state index is 11.8. The van der Waals surface area contributed by atoms with E-state index in [2.05, 4.69) is 10.8 Å². The molecular weight excluding hydrogens is 175 g/mol. The molecule has 1 rings (SSSR count). The molecule has 4 nitrogen and oxygen atoms in total. The van der Waals surface area contributed by atoms with Crippen molar-refractivity contribution < 1.29 is 18.0 Å². The van der Waals surface area contributed by atoms with E-state index in [1.54, 1.807) is 0 Å². The van der Waals surface area contributed by atoms with Crippen molar-refractivity contribution in [3.8, 4) is 0 Å². The third kappa shape index (κ3) is 1.55. The first kappa shape index (κ1) is 8.57. The maximum atomic E-state index is 11.8. The van der Waals surface area contributed by atoms with Gasteiger partial charge in [0.2, 0.25) is 0 Å². The van der Waals surface area contributed by atoms with Crippen LogP contribution in [0, 0.1) is 0 Å². The molecule has 0 aromatic carbocycles. The quantitative estimate of drug-likeness (QED) is 0.680. The van der Waals surface area contributed by atoms with Crippen LogP contribution in [0.2, 0.25) is 0 Å². The predicted octanol–water partition coefficient (Wildman–Crippen LogP) is 0.458. The number of hydrogen-bond donors (Lipinski definition) is 1. The van der Waals surface area contributed by atoms with E-state index in [9.17, 15) is 18.0 Å². The zero-order valence-corrected chi connectivity index (χ0v) is 5.67. The van der Waals surface area contributed by atoms with Crippen molar-refractivity contribution in [1.82, 2.24) is 9.78 Å². The molecule has 0 aliphatic heterocycles. The number of hydrogen-bond acceptors (Lipinski definition) is 2. The topological polar surface area (TPSA) is 60.9 Å². The molecule has 0 fully saturated rings. The summed E-state index contributed by atoms with van der Waals surface area (Å²) in [6.45, 7) is 0. The van der Waals surface area contributed by atoms with Gasteiger partial charge in [0.25, 0.3) is 5.91 Å². The zero-order chi connectivity index (χ0) is 9.35. The molecule has 66 valence electrons. The van der Waals surface area contributed by atoms with Gasteiger partial charge in [-0.1, -0.05) is 0 Å². The van der Waals surface area contributed by atoms with Crippen molar-refractivity contribution in [2.24, 2.45) is 5.73 Å². The van der Waals surface area contributed by atoms with Gasteiger partial charge in [-0.05, 0) is 6.07 Å². The standard InChI is InChI=1S/C5H4F3N3O/c6-5(7,8)11-2-1-3(10-11)4(9)12/h1-2H,(H2,9,12). The average molecular weight is 179 g/mol. The van der Waals surface area contributed by atoms with E-state index in [-0.39, 0.29) is 4.68 Å². The summed E-state index contributed by atoms with van der Waals surface area (Å²) in [5.41, 5.74) is 4.28. The molecule has 0 radical (unpaired) electrons. The lowest BCUT2D eigenvalue weighted by Crippen LogP contribution is -2.19. The SMILES string of the molecule is NC(=O)c1ccn(C(F)(F)F)n1. The van der Waals surface area contributed by atoms with E-state index >= 15 is 0 Å². The van der Waals surface area contributed by atoms with Crippen molar-refractivity contribution in [2.45, 2.75) is 6.30 Å². The summed E-state index contributed by atoms with van der Waals surface area (Å²) in [5, 5.41) is 2.90. The lowest BCUT2D eigenvalue weighted by molar-refractivity contribution is -0.212. The van der Waals surface area contributed by atoms with Gasteiger partial charge in [0.1, 0.15) is 5.69 Å². The van der Waals surface area contributed by atoms with Gasteiger partial charge in [-0.15, -0.1) is 13.2 Å². The molecule has 7 heteroatoms. The molecule has 1 heterocycles. The highest BCUT2D eigenvalue weighted by molar-refractivity contribution is 5.90. The Hall–Kier alpha value is -1.53. The summed E-state index contributed by atoms with van der Waals surface area (Å²) >= 11 is 0. The van der Waals surface area contributed by atoms with E-state index in [0.29, 0.717) is 6.20 Å². The number of primary amides is 1. The van der Waals surface area contributed by atoms with Crippen LogP contribution >= 0.6 is 0 Å². The Labute approximate surface area is 64.8 Å². The van der Waals surface area contributed by atoms with Crippen LogP contribution in [0.4, 0.5) is 13.2 Å². The molecule has 0 bridgehead atoms. The second-order valence-corrected chi connectivity index (χ2v) is 1.98. The number of nitrogens with zero attached hydrogens (tertiary/aromatic N) is 2. The van der Waals surface area contributed by atoms with E-state index in [1.165, 1.54) is 0 Å². The molecule has 0 unspecified atom stereocenters. The molecule has 1 aromatic heterocycles. The summed E-state index contributed by atoms with van der Waals surface area (Å²) in [6.07, 6.45) is -3.98. The van der Waals surface area contributed by atoms with E-state index in [4.69, 9.17) is 0 Å². The number of nitrogens with two attached hydrogens (primary N) is 1. The van der Waals surface area contributed by atoms with Gasteiger partial charge >= 0.3 is 6.30 Å². The Morgan fingerprint density at radius 1 is 1.58 bits per heavy atom. The van der Waals surface area contributed by atoms with Gasteiger partial charge in [-0.2, -0.15) is 9.78 Å². The molecule has 12 heavy (non-hydrogen) atoms. The molecule has 0 aliphatic carbocycles. The minimum Gasteiger partial charge on any atom is -0.364 e. The lowest BCUT2D eigenvalue weighted by Gasteiger charge is -2.03. The Bertz CT molecular complexity index is 303. The van der Waals surface area contributed by atoms with Crippen LogP contribution in [-0.4, -0.2) is 15.7 Å². The first-order chi connectivity index (χ1) is 5.41. The molecule has 1 aromatic rings. The maximum Gasteiger partial charge on any atom is 0.504 e. The smallest absolute Gasteiger partial charge is 0.364 e. The van der Waals surface area contributed by atoms with Gasteiger partial charge < -0.3 is 5.73 Å². The normalized spacial score (nSPS) is 11.6. The third-order valence-corrected chi connectivity index (χ3v) is 1.10. The third-order valence-electron chi connectivity index (χ3n) is 1.10. The fourth-order valence-electron chi connectivity index (χ4n) is 0.597. The van der Waals surface area contributed by atoms with Crippen LogP contribution in [-0.2, 0) is 6.30 Å². The van der Waals surface area contributed by atoms with Crippen molar-refractivity contribution in [3.63, 3.8) is 0 Å². The highest BCUT2D eigenvalue weighted by Crippen LogP contribution is 2.20. The fourth-order valence-corrected chi connectivity index (χ4v) is 0.597. The summed E-state index contributed by atoms with van der Waals surface area (Å²) in [4.78, 5) is 10.3. The van der Waals surface area contributed by atoms with E-state index in [1.807, 2.05) is 0 Å². The fraction of sp³-hybridized carbons (Fsp3) is 0.200. The van der Waals surface area contributed by atoms with Gasteiger partial charge in [0, 0.05) is 6.20 Å². The number of carbonyl (C=O) groups is 1. The molecule has 0 saturated heterocycles. The number of halogens is 3. The summed E-state index contributed by atoms with van der Waals surface area (Å²) in [5.74, 6) is -0.988. The van der Waals surface area contributed by atoms with Gasteiger partial charge in [-0.25, -0.2) is 0 Å². The van der Waals surface area contributed by atoms with Crippen molar-refractivity contribution in [3.05, 3.63) is 18.0 Å². The highest BCUT2D eigenvalue weighted by Gasteiger charge is 2.31. The Kier molecular flexibility index (Phi) is 1.79. The van der Waals surface area contributed by atoms with Crippen LogP contribution < -0.4 is 5.73 Å². The summed E-state index contributed by atoms with van der Waals surface area (Å²) < 4.78 is 35.2. The first-order valence-electron chi connectivity index (χ1n) is 2.84. The highest BCUT2D eigenvalue weighted by atomic mass is 19.4. The zero-order valence-electron chi connectivity index (χ0n) is 5.67. The van der Waals surface area contributed by atoms with Crippen molar-refractivity contribution in [1.29, 1.82) is 0 Å². The van der Waals surface area contributed by atoms with Crippen LogP contribution in [0.1, 0.15) is 10.5 Å². The first-order valence-corrected chi connectivity index (χ1v) is 2.84. The molecule has 0 saturated carbocycles. The average Bonchev–Trinajstić information content (AvgIpc) is 2.30. The van der Waals surface area contributed by atoms with Crippen molar-refractivity contribution >= 4 is 5.91 Å². The van der Waals surface area contributed by atoms with Gasteiger partial charge in [-0.3, -0.25) is 4.79 Å². The van der Waals surface area contributed by atoms with Crippen LogP contribution in [0.15, 0.2) is 12.3 Å². The number of aromatic nitrogens is 2. The number of amides is 1. The minimum atomic E-state index is -4.60. The largest absolute Gasteiger partial charge is 0.504 e. The van der Waals surface area contributed by atoms with Gasteiger partial charge in [0.15, 0.2) is 0 Å². The molecule has 0 spiro atoms. The van der Waals surface area contributed by atoms with E-state index in [0.717, 1.165) is 6.07 Å². The van der Waals surface area contributed by atoms with Crippen LogP contribution in [0.3, 0.4) is 0 Å². The Morgan fingerprint density at radius 2 is 2.17 bits per heavy atom. The molecule has 2 N–H and O–H groups in total. The Morgan fingerprint density at radius 3 is 2.42 bits per heavy atom. The summed E-state index contributed by atoms with van der Waals surface area (Å²) in [7, 11) is 0. The molecule has 1 amide bonds. The predicted molar refractivity (Wildman–Crippen MR) is 32.0 cm³/mol. The van der Waals surface area contributed by atoms with Crippen LogP contribution in [0.5, 0.6) is 0 Å². The number of rotatable bonds is 1. The van der Waals surface area contributed by atoms with Crippen molar-refractivity contribution in [2.75, 3.05) is 0 Å². The number of alkyl halides is 3. The minimum absolute atomic E-state index is 0.285.